The summed E-state index contributed by atoms with van der Waals surface area (Å²) in [7, 11) is 0. The maximum Gasteiger partial charge on any atom is 0.141 e. The summed E-state index contributed by atoms with van der Waals surface area (Å²) in [4.78, 5) is 0. The Bertz CT molecular complexity index is 168. The highest BCUT2D eigenvalue weighted by Crippen LogP contribution is 1.76. The van der Waals surface area contributed by atoms with Crippen LogP contribution in [0.5, 0.6) is 0 Å². The lowest BCUT2D eigenvalue weighted by atomic mass is 10.3. The average Bonchev–Trinajstić information content (AvgIpc) is 2.03. The van der Waals surface area contributed by atoms with Crippen LogP contribution in [0.3, 0.4) is 0 Å². The molecule has 3 nitrogen and oxygen atoms in total. The van der Waals surface area contributed by atoms with E-state index < -0.39 is 0 Å². The highest BCUT2D eigenvalue weighted by Gasteiger charge is 1.89. The molecule has 62 valence electrons. The molecule has 0 saturated heterocycles. The molecule has 0 radical (unpaired) electrons. The molecule has 0 fully saturated rings. The summed E-state index contributed by atoms with van der Waals surface area (Å²) in [6.45, 7) is 7.40. The zero-order chi connectivity index (χ0) is 9.28. The van der Waals surface area contributed by atoms with Crippen molar-refractivity contribution in [1.82, 2.24) is 0 Å². The molecular formula is C8H15N3. The molecule has 0 aliphatic rings. The van der Waals surface area contributed by atoms with Crippen molar-refractivity contribution < 1.29 is 0 Å². The minimum Gasteiger partial charge on any atom is -0.382 e. The molecular weight excluding hydrogens is 138 g/mol. The van der Waals surface area contributed by atoms with Gasteiger partial charge in [-0.2, -0.15) is 0 Å². The third kappa shape index (κ3) is 8.62. The predicted molar refractivity (Wildman–Crippen MR) is 50.3 cm³/mol. The number of amidine groups is 1. The fourth-order valence-electron chi connectivity index (χ4n) is 0.254. The summed E-state index contributed by atoms with van der Waals surface area (Å²) >= 11 is 0. The Hall–Kier alpha value is -1.38. The molecule has 0 saturated carbocycles. The molecule has 0 aromatic carbocycles. The van der Waals surface area contributed by atoms with Crippen molar-refractivity contribution in [2.24, 2.45) is 5.73 Å². The first kappa shape index (κ1) is 12.3. The van der Waals surface area contributed by atoms with Crippen LogP contribution in [0, 0.1) is 10.8 Å². The van der Waals surface area contributed by atoms with Gasteiger partial charge in [0.2, 0.25) is 0 Å². The van der Waals surface area contributed by atoms with Crippen molar-refractivity contribution in [2.75, 3.05) is 0 Å². The van der Waals surface area contributed by atoms with Crippen molar-refractivity contribution in [2.45, 2.75) is 13.8 Å². The quantitative estimate of drug-likeness (QED) is 0.322. The van der Waals surface area contributed by atoms with E-state index in [-0.39, 0.29) is 11.5 Å². The van der Waals surface area contributed by atoms with Crippen molar-refractivity contribution >= 4 is 11.5 Å². The van der Waals surface area contributed by atoms with Crippen LogP contribution >= 0.6 is 0 Å². The van der Waals surface area contributed by atoms with Crippen LogP contribution in [0.15, 0.2) is 24.8 Å². The second kappa shape index (κ2) is 8.62. The van der Waals surface area contributed by atoms with E-state index in [9.17, 15) is 0 Å². The highest BCUT2D eigenvalue weighted by molar-refractivity contribution is 6.42. The van der Waals surface area contributed by atoms with Gasteiger partial charge < -0.3 is 5.73 Å². The summed E-state index contributed by atoms with van der Waals surface area (Å²) in [5.41, 5.74) is 4.96. The van der Waals surface area contributed by atoms with Gasteiger partial charge in [-0.3, -0.25) is 10.8 Å². The van der Waals surface area contributed by atoms with Crippen LogP contribution in [-0.4, -0.2) is 11.5 Å². The Morgan fingerprint density at radius 3 is 2.09 bits per heavy atom. The summed E-state index contributed by atoms with van der Waals surface area (Å²) in [5, 5.41) is 13.7. The van der Waals surface area contributed by atoms with E-state index in [2.05, 4.69) is 6.58 Å². The van der Waals surface area contributed by atoms with Crippen molar-refractivity contribution in [3.05, 3.63) is 24.8 Å². The summed E-state index contributed by atoms with van der Waals surface area (Å²) < 4.78 is 0. The minimum absolute atomic E-state index is 0.00917. The molecule has 0 amide bonds. The zero-order valence-electron chi connectivity index (χ0n) is 7.02. The van der Waals surface area contributed by atoms with Crippen LogP contribution in [0.1, 0.15) is 13.8 Å². The Morgan fingerprint density at radius 1 is 1.36 bits per heavy atom. The van der Waals surface area contributed by atoms with Gasteiger partial charge in [0.05, 0.1) is 5.71 Å². The van der Waals surface area contributed by atoms with Crippen molar-refractivity contribution in [3.63, 3.8) is 0 Å². The number of allylic oxidation sites excluding steroid dienone is 2. The normalized spacial score (nSPS) is 8.18. The van der Waals surface area contributed by atoms with Gasteiger partial charge in [-0.05, 0) is 6.08 Å². The summed E-state index contributed by atoms with van der Waals surface area (Å²) in [6.07, 6.45) is 4.50. The molecule has 0 aliphatic heterocycles. The van der Waals surface area contributed by atoms with E-state index in [1.165, 1.54) is 12.2 Å². The van der Waals surface area contributed by atoms with Gasteiger partial charge in [-0.25, -0.2) is 0 Å². The molecule has 0 unspecified atom stereocenters. The number of rotatable bonds is 3. The average molecular weight is 153 g/mol. The first-order valence-electron chi connectivity index (χ1n) is 3.40. The van der Waals surface area contributed by atoms with Crippen LogP contribution in [0.25, 0.3) is 0 Å². The van der Waals surface area contributed by atoms with Gasteiger partial charge in [0.25, 0.3) is 0 Å². The Kier molecular flexibility index (Phi) is 9.65. The van der Waals surface area contributed by atoms with Gasteiger partial charge in [0, 0.05) is 0 Å². The van der Waals surface area contributed by atoms with Crippen LogP contribution in [-0.2, 0) is 0 Å². The third-order valence-corrected chi connectivity index (χ3v) is 0.689. The SMILES string of the molecule is C=C/C=C\C(=N)C(=N)N.CC. The molecule has 0 spiro atoms. The van der Waals surface area contributed by atoms with Crippen LogP contribution in [0.4, 0.5) is 0 Å². The maximum atomic E-state index is 6.96. The van der Waals surface area contributed by atoms with Crippen molar-refractivity contribution in [3.8, 4) is 0 Å². The monoisotopic (exact) mass is 153 g/mol. The minimum atomic E-state index is -0.229. The van der Waals surface area contributed by atoms with E-state index in [1.807, 2.05) is 13.8 Å². The molecule has 11 heavy (non-hydrogen) atoms. The maximum absolute atomic E-state index is 6.96. The topological polar surface area (TPSA) is 73.7 Å². The van der Waals surface area contributed by atoms with Crippen LogP contribution < -0.4 is 5.73 Å². The van der Waals surface area contributed by atoms with E-state index >= 15 is 0 Å². The van der Waals surface area contributed by atoms with Gasteiger partial charge in [0.1, 0.15) is 5.84 Å². The van der Waals surface area contributed by atoms with Crippen LogP contribution in [0.2, 0.25) is 0 Å². The van der Waals surface area contributed by atoms with Gasteiger partial charge in [-0.1, -0.05) is 32.6 Å². The first-order chi connectivity index (χ1) is 5.18. The molecule has 0 heterocycles. The Morgan fingerprint density at radius 2 is 1.82 bits per heavy atom. The van der Waals surface area contributed by atoms with Crippen molar-refractivity contribution in [1.29, 1.82) is 10.8 Å². The van der Waals surface area contributed by atoms with E-state index in [0.717, 1.165) is 0 Å². The molecule has 0 atom stereocenters. The molecule has 0 rings (SSSR count). The molecule has 0 bridgehead atoms. The second-order valence-corrected chi connectivity index (χ2v) is 1.42. The fourth-order valence-corrected chi connectivity index (χ4v) is 0.254. The Labute approximate surface area is 67.6 Å². The highest BCUT2D eigenvalue weighted by atomic mass is 14.7. The number of hydrogen-bond donors (Lipinski definition) is 3. The molecule has 0 aromatic heterocycles. The fraction of sp³-hybridized carbons (Fsp3) is 0.250. The van der Waals surface area contributed by atoms with E-state index in [1.54, 1.807) is 6.08 Å². The molecule has 4 N–H and O–H groups in total. The Balaban J connectivity index is 0. The molecule has 0 aliphatic carbocycles. The second-order valence-electron chi connectivity index (χ2n) is 1.42. The molecule has 0 aromatic rings. The number of hydrogen-bond acceptors (Lipinski definition) is 2. The lowest BCUT2D eigenvalue weighted by Gasteiger charge is -1.88. The smallest absolute Gasteiger partial charge is 0.141 e. The van der Waals surface area contributed by atoms with E-state index in [0.29, 0.717) is 0 Å². The molecule has 3 heteroatoms. The third-order valence-electron chi connectivity index (χ3n) is 0.689. The van der Waals surface area contributed by atoms with Gasteiger partial charge in [0.15, 0.2) is 0 Å². The van der Waals surface area contributed by atoms with E-state index in [4.69, 9.17) is 16.6 Å². The first-order valence-corrected chi connectivity index (χ1v) is 3.40. The van der Waals surface area contributed by atoms with Gasteiger partial charge in [-0.15, -0.1) is 0 Å². The zero-order valence-corrected chi connectivity index (χ0v) is 7.02. The summed E-state index contributed by atoms with van der Waals surface area (Å²) in [6, 6.07) is 0. The van der Waals surface area contributed by atoms with Gasteiger partial charge >= 0.3 is 0 Å². The number of nitrogens with one attached hydrogen (secondary N) is 2. The summed E-state index contributed by atoms with van der Waals surface area (Å²) in [5.74, 6) is -0.229. The number of nitrogens with two attached hydrogens (primary N) is 1. The lowest BCUT2D eigenvalue weighted by Crippen LogP contribution is -2.18. The largest absolute Gasteiger partial charge is 0.382 e. The predicted octanol–water partition coefficient (Wildman–Crippen LogP) is 1.71. The standard InChI is InChI=1S/C6H9N3.C2H6/c1-2-3-4-5(7)6(8)9;1-2/h2-4,7H,1H2,(H3,8,9);1-2H3/b4-3-,7-5?;. The lowest BCUT2D eigenvalue weighted by molar-refractivity contribution is 1.45.